The van der Waals surface area contributed by atoms with Crippen LogP contribution in [0.4, 0.5) is 4.39 Å². The first-order chi connectivity index (χ1) is 9.58. The molecule has 0 radical (unpaired) electrons. The summed E-state index contributed by atoms with van der Waals surface area (Å²) < 4.78 is 13.7. The lowest BCUT2D eigenvalue weighted by molar-refractivity contribution is 0.620. The summed E-state index contributed by atoms with van der Waals surface area (Å²) in [5, 5.41) is 1.01. The minimum atomic E-state index is -0.289. The van der Waals surface area contributed by atoms with E-state index in [2.05, 4.69) is 9.97 Å². The molecule has 1 aromatic heterocycles. The largest absolute Gasteiger partial charge is 0.227 e. The Bertz CT molecular complexity index is 815. The fourth-order valence-electron chi connectivity index (χ4n) is 2.21. The van der Waals surface area contributed by atoms with Gasteiger partial charge in [0.15, 0.2) is 5.82 Å². The highest BCUT2D eigenvalue weighted by molar-refractivity contribution is 6.34. The van der Waals surface area contributed by atoms with Gasteiger partial charge in [-0.2, -0.15) is 0 Å². The third kappa shape index (κ3) is 2.04. The van der Waals surface area contributed by atoms with Crippen LogP contribution in [0, 0.1) is 19.7 Å². The number of hydrogen-bond acceptors (Lipinski definition) is 2. The first-order valence-electron chi connectivity index (χ1n) is 6.26. The van der Waals surface area contributed by atoms with Crippen LogP contribution in [-0.2, 0) is 0 Å². The van der Waals surface area contributed by atoms with Gasteiger partial charge in [-0.25, -0.2) is 14.4 Å². The van der Waals surface area contributed by atoms with E-state index in [1.165, 1.54) is 6.07 Å². The van der Waals surface area contributed by atoms with Gasteiger partial charge < -0.3 is 0 Å². The lowest BCUT2D eigenvalue weighted by Crippen LogP contribution is -1.96. The Morgan fingerprint density at radius 1 is 1.00 bits per heavy atom. The molecular weight excluding hydrogens is 275 g/mol. The van der Waals surface area contributed by atoms with E-state index in [1.807, 2.05) is 31.2 Å². The summed E-state index contributed by atoms with van der Waals surface area (Å²) in [7, 11) is 0. The molecule has 0 saturated carbocycles. The zero-order valence-electron chi connectivity index (χ0n) is 11.1. The molecule has 0 saturated heterocycles. The Balaban J connectivity index is 2.34. The molecule has 2 aromatic carbocycles. The average molecular weight is 287 g/mol. The molecule has 0 spiro atoms. The van der Waals surface area contributed by atoms with E-state index in [0.29, 0.717) is 27.4 Å². The zero-order valence-corrected chi connectivity index (χ0v) is 11.9. The number of aromatic nitrogens is 2. The molecule has 20 heavy (non-hydrogen) atoms. The van der Waals surface area contributed by atoms with E-state index in [4.69, 9.17) is 11.6 Å². The molecule has 0 aliphatic rings. The second kappa shape index (κ2) is 4.84. The van der Waals surface area contributed by atoms with Crippen molar-refractivity contribution in [3.8, 4) is 11.4 Å². The summed E-state index contributed by atoms with van der Waals surface area (Å²) >= 11 is 6.22. The molecule has 1 heterocycles. The molecule has 4 heteroatoms. The summed E-state index contributed by atoms with van der Waals surface area (Å²) in [5.74, 6) is 0.234. The Labute approximate surface area is 121 Å². The number of rotatable bonds is 1. The summed E-state index contributed by atoms with van der Waals surface area (Å²) in [6, 6.07) is 10.8. The number of benzene rings is 2. The molecule has 3 rings (SSSR count). The maximum atomic E-state index is 13.7. The van der Waals surface area contributed by atoms with Crippen LogP contribution in [0.5, 0.6) is 0 Å². The van der Waals surface area contributed by atoms with Crippen LogP contribution in [0.2, 0.25) is 5.15 Å². The van der Waals surface area contributed by atoms with Crippen molar-refractivity contribution in [2.24, 2.45) is 0 Å². The second-order valence-corrected chi connectivity index (χ2v) is 5.08. The third-order valence-corrected chi connectivity index (χ3v) is 3.68. The van der Waals surface area contributed by atoms with Gasteiger partial charge in [0.1, 0.15) is 11.0 Å². The predicted octanol–water partition coefficient (Wildman–Crippen LogP) is 4.71. The molecule has 0 bridgehead atoms. The average Bonchev–Trinajstić information content (AvgIpc) is 2.43. The van der Waals surface area contributed by atoms with Crippen molar-refractivity contribution < 1.29 is 4.39 Å². The van der Waals surface area contributed by atoms with Crippen molar-refractivity contribution in [3.05, 3.63) is 58.5 Å². The number of fused-ring (bicyclic) bond motifs is 1. The smallest absolute Gasteiger partial charge is 0.161 e. The molecule has 3 aromatic rings. The Hall–Kier alpha value is -2.00. The van der Waals surface area contributed by atoms with Gasteiger partial charge in [0.05, 0.1) is 5.52 Å². The number of halogens is 2. The van der Waals surface area contributed by atoms with Gasteiger partial charge in [-0.3, -0.25) is 0 Å². The van der Waals surface area contributed by atoms with Gasteiger partial charge in [-0.05, 0) is 31.5 Å². The molecule has 0 amide bonds. The lowest BCUT2D eigenvalue weighted by Gasteiger charge is -2.09. The van der Waals surface area contributed by atoms with Gasteiger partial charge in [0.2, 0.25) is 0 Å². The molecule has 0 N–H and O–H groups in total. The van der Waals surface area contributed by atoms with Crippen molar-refractivity contribution in [3.63, 3.8) is 0 Å². The number of aryl methyl sites for hydroxylation is 2. The summed E-state index contributed by atoms with van der Waals surface area (Å²) in [6.45, 7) is 3.68. The van der Waals surface area contributed by atoms with Gasteiger partial charge in [0, 0.05) is 16.5 Å². The number of nitrogens with zero attached hydrogens (tertiary/aromatic N) is 2. The Morgan fingerprint density at radius 3 is 2.50 bits per heavy atom. The van der Waals surface area contributed by atoms with Crippen LogP contribution in [0.3, 0.4) is 0 Å². The van der Waals surface area contributed by atoms with E-state index < -0.39 is 0 Å². The summed E-state index contributed by atoms with van der Waals surface area (Å²) in [5.41, 5.74) is 3.00. The molecule has 2 nitrogen and oxygen atoms in total. The fraction of sp³-hybridized carbons (Fsp3) is 0.125. The molecule has 0 fully saturated rings. The highest BCUT2D eigenvalue weighted by Crippen LogP contribution is 2.28. The fourth-order valence-corrected chi connectivity index (χ4v) is 2.45. The zero-order chi connectivity index (χ0) is 14.3. The van der Waals surface area contributed by atoms with Crippen LogP contribution in [0.1, 0.15) is 11.1 Å². The van der Waals surface area contributed by atoms with Crippen LogP contribution in [0.25, 0.3) is 22.3 Å². The molecular formula is C16H12ClFN2. The monoisotopic (exact) mass is 286 g/mol. The van der Waals surface area contributed by atoms with E-state index in [1.54, 1.807) is 13.0 Å². The third-order valence-electron chi connectivity index (χ3n) is 3.39. The van der Waals surface area contributed by atoms with Crippen molar-refractivity contribution >= 4 is 22.5 Å². The van der Waals surface area contributed by atoms with E-state index >= 15 is 0 Å². The van der Waals surface area contributed by atoms with Crippen LogP contribution >= 0.6 is 11.6 Å². The van der Waals surface area contributed by atoms with Crippen LogP contribution < -0.4 is 0 Å². The lowest BCUT2D eigenvalue weighted by atomic mass is 10.1. The van der Waals surface area contributed by atoms with Gasteiger partial charge in [-0.15, -0.1) is 0 Å². The van der Waals surface area contributed by atoms with E-state index in [9.17, 15) is 4.39 Å². The van der Waals surface area contributed by atoms with Crippen molar-refractivity contribution in [2.75, 3.05) is 0 Å². The molecule has 0 aliphatic heterocycles. The quantitative estimate of drug-likeness (QED) is 0.606. The minimum Gasteiger partial charge on any atom is -0.227 e. The van der Waals surface area contributed by atoms with Gasteiger partial charge >= 0.3 is 0 Å². The minimum absolute atomic E-state index is 0.289. The van der Waals surface area contributed by atoms with Crippen LogP contribution in [0.15, 0.2) is 36.4 Å². The summed E-state index contributed by atoms with van der Waals surface area (Å²) in [6.07, 6.45) is 0. The highest BCUT2D eigenvalue weighted by Gasteiger charge is 2.13. The van der Waals surface area contributed by atoms with Crippen molar-refractivity contribution in [2.45, 2.75) is 13.8 Å². The molecule has 100 valence electrons. The normalized spacial score (nSPS) is 11.0. The van der Waals surface area contributed by atoms with Gasteiger partial charge in [-0.1, -0.05) is 35.9 Å². The summed E-state index contributed by atoms with van der Waals surface area (Å²) in [4.78, 5) is 8.83. The second-order valence-electron chi connectivity index (χ2n) is 4.72. The number of hydrogen-bond donors (Lipinski definition) is 0. The maximum Gasteiger partial charge on any atom is 0.161 e. The van der Waals surface area contributed by atoms with E-state index in [-0.39, 0.29) is 5.82 Å². The van der Waals surface area contributed by atoms with E-state index in [0.717, 1.165) is 11.1 Å². The highest BCUT2D eigenvalue weighted by atomic mass is 35.5. The van der Waals surface area contributed by atoms with Crippen LogP contribution in [-0.4, -0.2) is 9.97 Å². The van der Waals surface area contributed by atoms with Crippen molar-refractivity contribution in [1.82, 2.24) is 9.97 Å². The molecule has 0 aliphatic carbocycles. The Morgan fingerprint density at radius 2 is 1.75 bits per heavy atom. The first kappa shape index (κ1) is 13.0. The molecule has 0 unspecified atom stereocenters. The topological polar surface area (TPSA) is 25.8 Å². The standard InChI is InChI=1S/C16H12ClFN2/c1-9-5-3-4-6-11(9)16-19-14-10(2)13(18)8-7-12(14)15(17)20-16/h3-8H,1-2H3. The first-order valence-corrected chi connectivity index (χ1v) is 6.64. The van der Waals surface area contributed by atoms with Crippen molar-refractivity contribution in [1.29, 1.82) is 0 Å². The van der Waals surface area contributed by atoms with Gasteiger partial charge in [0.25, 0.3) is 0 Å². The Kier molecular flexibility index (Phi) is 3.14. The maximum absolute atomic E-state index is 13.7. The predicted molar refractivity (Wildman–Crippen MR) is 79.4 cm³/mol. The molecule has 0 atom stereocenters. The SMILES string of the molecule is Cc1ccccc1-c1nc(Cl)c2ccc(F)c(C)c2n1.